The molecule has 0 heterocycles. The second kappa shape index (κ2) is 8.60. The maximum atomic E-state index is 11.8. The van der Waals surface area contributed by atoms with E-state index in [0.717, 1.165) is 5.56 Å². The van der Waals surface area contributed by atoms with E-state index in [1.165, 1.54) is 0 Å². The van der Waals surface area contributed by atoms with E-state index in [9.17, 15) is 9.59 Å². The molecule has 1 aromatic carbocycles. The van der Waals surface area contributed by atoms with Crippen LogP contribution in [0.15, 0.2) is 18.2 Å². The fourth-order valence-electron chi connectivity index (χ4n) is 1.73. The number of nitrogens with two attached hydrogens (primary N) is 1. The lowest BCUT2D eigenvalue weighted by Gasteiger charge is -2.15. The van der Waals surface area contributed by atoms with Crippen LogP contribution in [0.4, 0.5) is 0 Å². The molecular weight excluding hydrogens is 306 g/mol. The number of halogens is 1. The minimum Gasteiger partial charge on any atom is -0.496 e. The summed E-state index contributed by atoms with van der Waals surface area (Å²) in [6.45, 7) is 3.82. The predicted octanol–water partition coefficient (Wildman–Crippen LogP) is 1.06. The van der Waals surface area contributed by atoms with E-state index in [1.54, 1.807) is 25.3 Å². The first-order valence-electron chi connectivity index (χ1n) is 6.97. The van der Waals surface area contributed by atoms with Gasteiger partial charge in [-0.2, -0.15) is 0 Å². The number of hydrogen-bond acceptors (Lipinski definition) is 4. The maximum Gasteiger partial charge on any atom is 0.239 e. The van der Waals surface area contributed by atoms with Crippen LogP contribution in [0.3, 0.4) is 0 Å². The molecular formula is C15H22ClN3O3. The topological polar surface area (TPSA) is 93.5 Å². The van der Waals surface area contributed by atoms with E-state index in [-0.39, 0.29) is 30.8 Å². The Kier molecular flexibility index (Phi) is 7.14. The fraction of sp³-hybridized carbons (Fsp3) is 0.467. The van der Waals surface area contributed by atoms with Gasteiger partial charge < -0.3 is 21.1 Å². The summed E-state index contributed by atoms with van der Waals surface area (Å²) in [5.41, 5.74) is 6.45. The van der Waals surface area contributed by atoms with Crippen LogP contribution >= 0.6 is 11.6 Å². The highest BCUT2D eigenvalue weighted by atomic mass is 35.5. The van der Waals surface area contributed by atoms with Crippen molar-refractivity contribution in [2.24, 2.45) is 11.7 Å². The molecule has 0 fully saturated rings. The maximum absolute atomic E-state index is 11.8. The highest BCUT2D eigenvalue weighted by Gasteiger charge is 2.17. The first kappa shape index (κ1) is 18.3. The highest BCUT2D eigenvalue weighted by molar-refractivity contribution is 6.30. The molecule has 0 saturated heterocycles. The summed E-state index contributed by atoms with van der Waals surface area (Å²) in [7, 11) is 1.54. The van der Waals surface area contributed by atoms with Crippen LogP contribution in [-0.4, -0.2) is 31.5 Å². The summed E-state index contributed by atoms with van der Waals surface area (Å²) in [4.78, 5) is 23.4. The Bertz CT molecular complexity index is 535. The molecule has 22 heavy (non-hydrogen) atoms. The highest BCUT2D eigenvalue weighted by Crippen LogP contribution is 2.22. The first-order valence-corrected chi connectivity index (χ1v) is 7.35. The van der Waals surface area contributed by atoms with E-state index in [0.29, 0.717) is 10.8 Å². The van der Waals surface area contributed by atoms with Crippen LogP contribution in [0, 0.1) is 5.92 Å². The van der Waals surface area contributed by atoms with Gasteiger partial charge in [0.25, 0.3) is 0 Å². The van der Waals surface area contributed by atoms with Gasteiger partial charge in [0.15, 0.2) is 0 Å². The van der Waals surface area contributed by atoms with Crippen molar-refractivity contribution in [2.45, 2.75) is 26.4 Å². The second-order valence-electron chi connectivity index (χ2n) is 5.22. The Balaban J connectivity index is 2.47. The van der Waals surface area contributed by atoms with E-state index in [4.69, 9.17) is 22.1 Å². The smallest absolute Gasteiger partial charge is 0.239 e. The number of carbonyl (C=O) groups is 2. The van der Waals surface area contributed by atoms with E-state index in [1.807, 2.05) is 13.8 Å². The number of benzene rings is 1. The predicted molar refractivity (Wildman–Crippen MR) is 85.7 cm³/mol. The first-order chi connectivity index (χ1) is 10.3. The number of ether oxygens (including phenoxy) is 1. The Labute approximate surface area is 135 Å². The van der Waals surface area contributed by atoms with Crippen LogP contribution in [-0.2, 0) is 16.1 Å². The summed E-state index contributed by atoms with van der Waals surface area (Å²) in [5, 5.41) is 5.75. The Morgan fingerprint density at radius 2 is 2.00 bits per heavy atom. The van der Waals surface area contributed by atoms with Gasteiger partial charge in [0.2, 0.25) is 11.8 Å². The van der Waals surface area contributed by atoms with Gasteiger partial charge in [-0.1, -0.05) is 25.4 Å². The molecule has 1 aromatic rings. The second-order valence-corrected chi connectivity index (χ2v) is 5.66. The molecule has 0 aliphatic rings. The fourth-order valence-corrected chi connectivity index (χ4v) is 1.92. The zero-order valence-corrected chi connectivity index (χ0v) is 13.7. The third-order valence-electron chi connectivity index (χ3n) is 3.16. The summed E-state index contributed by atoms with van der Waals surface area (Å²) < 4.78 is 5.19. The monoisotopic (exact) mass is 327 g/mol. The van der Waals surface area contributed by atoms with Gasteiger partial charge in [0.05, 0.1) is 19.7 Å². The van der Waals surface area contributed by atoms with Crippen molar-refractivity contribution in [3.63, 3.8) is 0 Å². The third kappa shape index (κ3) is 5.54. The van der Waals surface area contributed by atoms with Gasteiger partial charge in [0, 0.05) is 17.1 Å². The van der Waals surface area contributed by atoms with Crippen LogP contribution < -0.4 is 21.1 Å². The molecule has 7 heteroatoms. The normalized spacial score (nSPS) is 11.9. The molecule has 0 unspecified atom stereocenters. The zero-order chi connectivity index (χ0) is 16.7. The van der Waals surface area contributed by atoms with Crippen molar-refractivity contribution in [1.29, 1.82) is 0 Å². The largest absolute Gasteiger partial charge is 0.496 e. The number of carbonyl (C=O) groups excluding carboxylic acids is 2. The van der Waals surface area contributed by atoms with Crippen LogP contribution in [0.1, 0.15) is 19.4 Å². The summed E-state index contributed by atoms with van der Waals surface area (Å²) in [5.74, 6) is -0.00818. The third-order valence-corrected chi connectivity index (χ3v) is 3.40. The summed E-state index contributed by atoms with van der Waals surface area (Å²) in [6.07, 6.45) is 0. The molecule has 1 rings (SSSR count). The van der Waals surface area contributed by atoms with E-state index in [2.05, 4.69) is 10.6 Å². The van der Waals surface area contributed by atoms with Crippen LogP contribution in [0.2, 0.25) is 5.02 Å². The number of nitrogens with one attached hydrogen (secondary N) is 2. The number of methoxy groups -OCH3 is 1. The molecule has 122 valence electrons. The number of hydrogen-bond donors (Lipinski definition) is 3. The van der Waals surface area contributed by atoms with Gasteiger partial charge >= 0.3 is 0 Å². The van der Waals surface area contributed by atoms with E-state index >= 15 is 0 Å². The van der Waals surface area contributed by atoms with Crippen molar-refractivity contribution in [1.82, 2.24) is 10.6 Å². The minimum atomic E-state index is -0.624. The Morgan fingerprint density at radius 3 is 2.59 bits per heavy atom. The number of amides is 2. The molecule has 0 bridgehead atoms. The molecule has 0 spiro atoms. The minimum absolute atomic E-state index is 0.0128. The molecule has 0 aromatic heterocycles. The van der Waals surface area contributed by atoms with Gasteiger partial charge in [-0.25, -0.2) is 0 Å². The van der Waals surface area contributed by atoms with Crippen molar-refractivity contribution in [2.75, 3.05) is 13.7 Å². The molecule has 6 nitrogen and oxygen atoms in total. The van der Waals surface area contributed by atoms with E-state index < -0.39 is 6.04 Å². The van der Waals surface area contributed by atoms with Crippen LogP contribution in [0.5, 0.6) is 5.75 Å². The molecule has 0 aliphatic carbocycles. The Hall–Kier alpha value is -1.79. The van der Waals surface area contributed by atoms with Gasteiger partial charge in [-0.3, -0.25) is 9.59 Å². The zero-order valence-electron chi connectivity index (χ0n) is 13.0. The summed E-state index contributed by atoms with van der Waals surface area (Å²) >= 11 is 5.92. The van der Waals surface area contributed by atoms with Crippen LogP contribution in [0.25, 0.3) is 0 Å². The lowest BCUT2D eigenvalue weighted by molar-refractivity contribution is -0.127. The molecule has 0 radical (unpaired) electrons. The molecule has 1 atom stereocenters. The number of rotatable bonds is 7. The average Bonchev–Trinajstić information content (AvgIpc) is 2.49. The van der Waals surface area contributed by atoms with Crippen molar-refractivity contribution in [3.8, 4) is 5.75 Å². The average molecular weight is 328 g/mol. The summed E-state index contributed by atoms with van der Waals surface area (Å²) in [6, 6.07) is 4.53. The van der Waals surface area contributed by atoms with Gasteiger partial charge in [-0.15, -0.1) is 0 Å². The van der Waals surface area contributed by atoms with Crippen molar-refractivity contribution >= 4 is 23.4 Å². The molecule has 0 aliphatic heterocycles. The lowest BCUT2D eigenvalue weighted by atomic mass is 10.1. The molecule has 2 amide bonds. The van der Waals surface area contributed by atoms with Gasteiger partial charge in [-0.05, 0) is 24.1 Å². The SMILES string of the molecule is COc1ccc(Cl)cc1CNC(=O)CNC(=O)[C@@H](N)C(C)C. The van der Waals surface area contributed by atoms with Gasteiger partial charge in [0.1, 0.15) is 5.75 Å². The van der Waals surface area contributed by atoms with Crippen molar-refractivity contribution < 1.29 is 14.3 Å². The Morgan fingerprint density at radius 1 is 1.32 bits per heavy atom. The van der Waals surface area contributed by atoms with Crippen molar-refractivity contribution in [3.05, 3.63) is 28.8 Å². The quantitative estimate of drug-likeness (QED) is 0.698. The lowest BCUT2D eigenvalue weighted by Crippen LogP contribution is -2.47. The molecule has 4 N–H and O–H groups in total. The standard InChI is InChI=1S/C15H22ClN3O3/c1-9(2)14(17)15(21)19-8-13(20)18-7-10-6-11(16)4-5-12(10)22-3/h4-6,9,14H,7-8,17H2,1-3H3,(H,18,20)(H,19,21)/t14-/m0/s1. The molecule has 0 saturated carbocycles.